The summed E-state index contributed by atoms with van der Waals surface area (Å²) >= 11 is 6.01. The minimum Gasteiger partial charge on any atom is -0.346 e. The van der Waals surface area contributed by atoms with Crippen LogP contribution in [0.25, 0.3) is 6.08 Å². The van der Waals surface area contributed by atoms with Crippen LogP contribution in [0.4, 0.5) is 0 Å². The topological polar surface area (TPSA) is 65.8 Å². The van der Waals surface area contributed by atoms with E-state index in [1.165, 1.54) is 6.08 Å². The van der Waals surface area contributed by atoms with Gasteiger partial charge in [-0.25, -0.2) is 0 Å². The summed E-state index contributed by atoms with van der Waals surface area (Å²) in [5.41, 5.74) is 1.35. The maximum Gasteiger partial charge on any atom is 0.262 e. The molecule has 2 rings (SSSR count). The molecule has 0 aliphatic heterocycles. The summed E-state index contributed by atoms with van der Waals surface area (Å²) in [6.07, 6.45) is 3.11. The van der Waals surface area contributed by atoms with Crippen molar-refractivity contribution < 1.29 is 4.79 Å². The van der Waals surface area contributed by atoms with Gasteiger partial charge in [-0.2, -0.15) is 5.26 Å². The van der Waals surface area contributed by atoms with Gasteiger partial charge < -0.3 is 5.32 Å². The number of rotatable bonds is 4. The summed E-state index contributed by atoms with van der Waals surface area (Å²) in [4.78, 5) is 16.1. The number of halogens is 1. The van der Waals surface area contributed by atoms with Gasteiger partial charge in [0.2, 0.25) is 0 Å². The third-order valence-corrected chi connectivity index (χ3v) is 3.07. The maximum atomic E-state index is 12.0. The number of amides is 1. The van der Waals surface area contributed by atoms with Crippen LogP contribution in [0.1, 0.15) is 11.3 Å². The number of nitrogens with one attached hydrogen (secondary N) is 1. The zero-order valence-electron chi connectivity index (χ0n) is 11.1. The standard InChI is InChI=1S/C16H12ClN3O/c17-15-7-2-1-5-12(15)9-13(10-18)16(21)20-11-14-6-3-4-8-19-14/h1-9H,11H2,(H,20,21). The smallest absolute Gasteiger partial charge is 0.262 e. The van der Waals surface area contributed by atoms with Gasteiger partial charge in [0.05, 0.1) is 12.2 Å². The van der Waals surface area contributed by atoms with Gasteiger partial charge in [0.25, 0.3) is 5.91 Å². The first-order valence-electron chi connectivity index (χ1n) is 6.25. The van der Waals surface area contributed by atoms with Gasteiger partial charge in [-0.3, -0.25) is 9.78 Å². The molecular formula is C16H12ClN3O. The highest BCUT2D eigenvalue weighted by Crippen LogP contribution is 2.18. The summed E-state index contributed by atoms with van der Waals surface area (Å²) < 4.78 is 0. The first kappa shape index (κ1) is 14.8. The van der Waals surface area contributed by atoms with E-state index in [2.05, 4.69) is 10.3 Å². The van der Waals surface area contributed by atoms with E-state index < -0.39 is 5.91 Å². The number of nitrogens with zero attached hydrogens (tertiary/aromatic N) is 2. The Labute approximate surface area is 127 Å². The Balaban J connectivity index is 2.09. The largest absolute Gasteiger partial charge is 0.346 e. The molecule has 0 unspecified atom stereocenters. The van der Waals surface area contributed by atoms with E-state index in [1.54, 1.807) is 42.6 Å². The van der Waals surface area contributed by atoms with Gasteiger partial charge >= 0.3 is 0 Å². The Morgan fingerprint density at radius 1 is 1.29 bits per heavy atom. The molecule has 5 heteroatoms. The van der Waals surface area contributed by atoms with Crippen molar-refractivity contribution in [1.29, 1.82) is 5.26 Å². The normalized spacial score (nSPS) is 10.8. The van der Waals surface area contributed by atoms with Crippen LogP contribution in [-0.2, 0) is 11.3 Å². The third-order valence-electron chi connectivity index (χ3n) is 2.73. The van der Waals surface area contributed by atoms with Crippen LogP contribution in [0.3, 0.4) is 0 Å². The lowest BCUT2D eigenvalue weighted by Crippen LogP contribution is -2.24. The minimum absolute atomic E-state index is 0.000897. The maximum absolute atomic E-state index is 12.0. The number of benzene rings is 1. The summed E-state index contributed by atoms with van der Waals surface area (Å²) in [5.74, 6) is -0.455. The molecule has 104 valence electrons. The second kappa shape index (κ2) is 7.22. The predicted molar refractivity (Wildman–Crippen MR) is 81.1 cm³/mol. The Kier molecular flexibility index (Phi) is 5.08. The summed E-state index contributed by atoms with van der Waals surface area (Å²) in [5, 5.41) is 12.3. The van der Waals surface area contributed by atoms with Crippen molar-refractivity contribution in [3.05, 3.63) is 70.5 Å². The lowest BCUT2D eigenvalue weighted by atomic mass is 10.1. The number of hydrogen-bond acceptors (Lipinski definition) is 3. The van der Waals surface area contributed by atoms with Crippen molar-refractivity contribution in [2.24, 2.45) is 0 Å². The van der Waals surface area contributed by atoms with Gasteiger partial charge in [0.15, 0.2) is 0 Å². The highest BCUT2D eigenvalue weighted by Gasteiger charge is 2.09. The molecule has 21 heavy (non-hydrogen) atoms. The van der Waals surface area contributed by atoms with Crippen molar-refractivity contribution >= 4 is 23.6 Å². The van der Waals surface area contributed by atoms with E-state index in [0.717, 1.165) is 5.69 Å². The Bertz CT molecular complexity index is 705. The molecule has 0 aliphatic rings. The molecule has 0 spiro atoms. The zero-order valence-corrected chi connectivity index (χ0v) is 11.8. The quantitative estimate of drug-likeness (QED) is 0.697. The predicted octanol–water partition coefficient (Wildman–Crippen LogP) is 2.96. The van der Waals surface area contributed by atoms with Crippen LogP contribution in [0.2, 0.25) is 5.02 Å². The van der Waals surface area contributed by atoms with Gasteiger partial charge in [0.1, 0.15) is 11.6 Å². The molecule has 1 aromatic carbocycles. The lowest BCUT2D eigenvalue weighted by Gasteiger charge is -2.04. The van der Waals surface area contributed by atoms with Crippen LogP contribution in [0, 0.1) is 11.3 Å². The zero-order chi connectivity index (χ0) is 15.1. The van der Waals surface area contributed by atoms with E-state index >= 15 is 0 Å². The molecule has 0 bridgehead atoms. The summed E-state index contributed by atoms with van der Waals surface area (Å²) in [6, 6.07) is 14.3. The van der Waals surface area contributed by atoms with Crippen LogP contribution in [0.5, 0.6) is 0 Å². The first-order valence-corrected chi connectivity index (χ1v) is 6.63. The molecule has 1 N–H and O–H groups in total. The minimum atomic E-state index is -0.455. The number of hydrogen-bond donors (Lipinski definition) is 1. The van der Waals surface area contributed by atoms with Crippen molar-refractivity contribution in [3.8, 4) is 6.07 Å². The molecule has 1 aromatic heterocycles. The molecule has 2 aromatic rings. The monoisotopic (exact) mass is 297 g/mol. The second-order valence-electron chi connectivity index (χ2n) is 4.20. The third kappa shape index (κ3) is 4.16. The molecule has 0 atom stereocenters. The first-order chi connectivity index (χ1) is 10.2. The molecule has 0 radical (unpaired) electrons. The average molecular weight is 298 g/mol. The van der Waals surface area contributed by atoms with Crippen molar-refractivity contribution in [2.45, 2.75) is 6.54 Å². The average Bonchev–Trinajstić information content (AvgIpc) is 2.53. The van der Waals surface area contributed by atoms with Crippen molar-refractivity contribution in [1.82, 2.24) is 10.3 Å². The fourth-order valence-corrected chi connectivity index (χ4v) is 1.86. The lowest BCUT2D eigenvalue weighted by molar-refractivity contribution is -0.117. The van der Waals surface area contributed by atoms with Crippen LogP contribution < -0.4 is 5.32 Å². The van der Waals surface area contributed by atoms with Crippen LogP contribution in [0.15, 0.2) is 54.2 Å². The molecule has 0 fully saturated rings. The van der Waals surface area contributed by atoms with E-state index in [-0.39, 0.29) is 12.1 Å². The van der Waals surface area contributed by atoms with E-state index in [0.29, 0.717) is 10.6 Å². The van der Waals surface area contributed by atoms with Gasteiger partial charge in [-0.05, 0) is 29.8 Å². The molecule has 1 amide bonds. The van der Waals surface area contributed by atoms with Crippen LogP contribution in [-0.4, -0.2) is 10.9 Å². The Morgan fingerprint density at radius 2 is 2.05 bits per heavy atom. The Hall–Kier alpha value is -2.64. The van der Waals surface area contributed by atoms with Crippen molar-refractivity contribution in [2.75, 3.05) is 0 Å². The molecule has 0 saturated carbocycles. The fourth-order valence-electron chi connectivity index (χ4n) is 1.67. The molecule has 1 heterocycles. The van der Waals surface area contributed by atoms with Gasteiger partial charge in [0, 0.05) is 11.2 Å². The number of aromatic nitrogens is 1. The number of carbonyl (C=O) groups is 1. The number of nitriles is 1. The van der Waals surface area contributed by atoms with E-state index in [1.807, 2.05) is 12.1 Å². The molecule has 0 saturated heterocycles. The van der Waals surface area contributed by atoms with E-state index in [9.17, 15) is 4.79 Å². The number of carbonyl (C=O) groups excluding carboxylic acids is 1. The van der Waals surface area contributed by atoms with Crippen LogP contribution >= 0.6 is 11.6 Å². The van der Waals surface area contributed by atoms with E-state index in [4.69, 9.17) is 16.9 Å². The molecule has 0 aliphatic carbocycles. The molecule has 4 nitrogen and oxygen atoms in total. The Morgan fingerprint density at radius 3 is 2.71 bits per heavy atom. The summed E-state index contributed by atoms with van der Waals surface area (Å²) in [7, 11) is 0. The highest BCUT2D eigenvalue weighted by atomic mass is 35.5. The van der Waals surface area contributed by atoms with Gasteiger partial charge in [-0.15, -0.1) is 0 Å². The number of pyridine rings is 1. The molecular weight excluding hydrogens is 286 g/mol. The van der Waals surface area contributed by atoms with Gasteiger partial charge in [-0.1, -0.05) is 35.9 Å². The highest BCUT2D eigenvalue weighted by molar-refractivity contribution is 6.32. The SMILES string of the molecule is N#CC(=Cc1ccccc1Cl)C(=O)NCc1ccccn1. The summed E-state index contributed by atoms with van der Waals surface area (Å²) in [6.45, 7) is 0.265. The fraction of sp³-hybridized carbons (Fsp3) is 0.0625. The second-order valence-corrected chi connectivity index (χ2v) is 4.60. The van der Waals surface area contributed by atoms with Crippen molar-refractivity contribution in [3.63, 3.8) is 0 Å².